The fourth-order valence-electron chi connectivity index (χ4n) is 1.39. The number of carbonyl (C=O) groups is 1. The van der Waals surface area contributed by atoms with Crippen molar-refractivity contribution in [3.63, 3.8) is 0 Å². The summed E-state index contributed by atoms with van der Waals surface area (Å²) in [6.45, 7) is 0. The third kappa shape index (κ3) is 5.82. The number of rotatable bonds is 2. The van der Waals surface area contributed by atoms with E-state index in [4.69, 9.17) is 39.8 Å². The third-order valence-corrected chi connectivity index (χ3v) is 2.99. The topological polar surface area (TPSA) is 89.3 Å². The number of aliphatic carboxylic acids is 1. The van der Waals surface area contributed by atoms with Gasteiger partial charge in [0.25, 0.3) is 0 Å². The zero-order valence-electron chi connectivity index (χ0n) is 10.5. The van der Waals surface area contributed by atoms with E-state index in [1.807, 2.05) is 0 Å². The molecule has 0 radical (unpaired) electrons. The largest absolute Gasteiger partial charge is 0.481 e. The van der Waals surface area contributed by atoms with Crippen molar-refractivity contribution >= 4 is 40.5 Å². The number of carboxylic acids is 1. The van der Waals surface area contributed by atoms with Gasteiger partial charge in [0.15, 0.2) is 0 Å². The van der Waals surface area contributed by atoms with Crippen LogP contribution in [0.15, 0.2) is 42.5 Å². The Kier molecular flexibility index (Phi) is 6.15. The summed E-state index contributed by atoms with van der Waals surface area (Å²) in [6.07, 6.45) is 0.0328. The van der Waals surface area contributed by atoms with Crippen LogP contribution in [0.25, 0.3) is 0 Å². The van der Waals surface area contributed by atoms with E-state index in [2.05, 4.69) is 0 Å². The van der Waals surface area contributed by atoms with E-state index >= 15 is 0 Å². The summed E-state index contributed by atoms with van der Waals surface area (Å²) < 4.78 is 0. The molecule has 0 bridgehead atoms. The van der Waals surface area contributed by atoms with Crippen LogP contribution in [0.4, 0.5) is 11.4 Å². The lowest BCUT2D eigenvalue weighted by atomic mass is 10.1. The lowest BCUT2D eigenvalue weighted by Crippen LogP contribution is -2.00. The normalized spacial score (nSPS) is 9.50. The molecule has 0 spiro atoms. The van der Waals surface area contributed by atoms with Crippen molar-refractivity contribution in [1.29, 1.82) is 0 Å². The molecule has 0 aliphatic rings. The van der Waals surface area contributed by atoms with Crippen molar-refractivity contribution in [2.45, 2.75) is 6.42 Å². The molecule has 0 amide bonds. The summed E-state index contributed by atoms with van der Waals surface area (Å²) in [5, 5.41) is 9.45. The van der Waals surface area contributed by atoms with E-state index in [1.165, 1.54) is 0 Å². The molecule has 5 N–H and O–H groups in total. The van der Waals surface area contributed by atoms with Crippen molar-refractivity contribution in [2.75, 3.05) is 11.5 Å². The summed E-state index contributed by atoms with van der Waals surface area (Å²) in [5.74, 6) is -0.837. The minimum atomic E-state index is -0.837. The number of benzene rings is 2. The molecule has 0 unspecified atom stereocenters. The summed E-state index contributed by atoms with van der Waals surface area (Å²) in [6, 6.07) is 11.9. The van der Waals surface area contributed by atoms with Crippen LogP contribution >= 0.6 is 23.2 Å². The molecule has 0 saturated carbocycles. The number of hydrogen-bond donors (Lipinski definition) is 3. The monoisotopic (exact) mass is 312 g/mol. The number of nitrogen functional groups attached to an aromatic ring is 2. The van der Waals surface area contributed by atoms with Gasteiger partial charge in [0.1, 0.15) is 0 Å². The molecular weight excluding hydrogens is 299 g/mol. The van der Waals surface area contributed by atoms with Crippen molar-refractivity contribution in [3.8, 4) is 0 Å². The maximum Gasteiger partial charge on any atom is 0.307 e. The van der Waals surface area contributed by atoms with Crippen molar-refractivity contribution in [2.24, 2.45) is 0 Å². The molecule has 0 atom stereocenters. The number of anilines is 2. The molecule has 0 aliphatic heterocycles. The van der Waals surface area contributed by atoms with E-state index in [-0.39, 0.29) is 6.42 Å². The van der Waals surface area contributed by atoms with Gasteiger partial charge in [-0.15, -0.1) is 0 Å². The SMILES string of the molecule is Nc1ccc(Cl)c(Cl)c1.Nc1cccc(CC(=O)O)c1. The molecule has 0 aromatic heterocycles. The highest BCUT2D eigenvalue weighted by molar-refractivity contribution is 6.42. The first-order valence-electron chi connectivity index (χ1n) is 5.65. The van der Waals surface area contributed by atoms with Gasteiger partial charge in [-0.25, -0.2) is 0 Å². The Balaban J connectivity index is 0.000000204. The van der Waals surface area contributed by atoms with Gasteiger partial charge in [0.2, 0.25) is 0 Å². The zero-order valence-corrected chi connectivity index (χ0v) is 12.0. The highest BCUT2D eigenvalue weighted by Crippen LogP contribution is 2.23. The minimum Gasteiger partial charge on any atom is -0.481 e. The number of nitrogens with two attached hydrogens (primary N) is 2. The summed E-state index contributed by atoms with van der Waals surface area (Å²) in [5.41, 5.74) is 12.8. The standard InChI is InChI=1S/C8H9NO2.C6H5Cl2N/c9-7-3-1-2-6(4-7)5-8(10)11;7-5-2-1-4(9)3-6(5)8/h1-4H,5,9H2,(H,10,11);1-3H,9H2. The first kappa shape index (κ1) is 16.1. The fraction of sp³-hybridized carbons (Fsp3) is 0.0714. The van der Waals surface area contributed by atoms with Crippen LogP contribution in [0.2, 0.25) is 10.0 Å². The van der Waals surface area contributed by atoms with Gasteiger partial charge in [-0.3, -0.25) is 4.79 Å². The first-order valence-corrected chi connectivity index (χ1v) is 6.41. The van der Waals surface area contributed by atoms with E-state index in [0.29, 0.717) is 21.4 Å². The predicted octanol–water partition coefficient (Wildman–Crippen LogP) is 3.47. The van der Waals surface area contributed by atoms with Crippen LogP contribution in [0.3, 0.4) is 0 Å². The van der Waals surface area contributed by atoms with Gasteiger partial charge in [-0.1, -0.05) is 35.3 Å². The lowest BCUT2D eigenvalue weighted by Gasteiger charge is -1.96. The number of halogens is 2. The second kappa shape index (κ2) is 7.62. The van der Waals surface area contributed by atoms with Gasteiger partial charge in [-0.2, -0.15) is 0 Å². The van der Waals surface area contributed by atoms with Gasteiger partial charge in [0, 0.05) is 11.4 Å². The molecule has 0 heterocycles. The predicted molar refractivity (Wildman–Crippen MR) is 83.1 cm³/mol. The highest BCUT2D eigenvalue weighted by Gasteiger charge is 1.98. The maximum atomic E-state index is 10.2. The summed E-state index contributed by atoms with van der Waals surface area (Å²) in [7, 11) is 0. The van der Waals surface area contributed by atoms with E-state index in [9.17, 15) is 4.79 Å². The second-order valence-corrected chi connectivity index (χ2v) is 4.80. The quantitative estimate of drug-likeness (QED) is 0.741. The first-order chi connectivity index (χ1) is 9.38. The maximum absolute atomic E-state index is 10.2. The number of carboxylic acid groups (broad SMARTS) is 1. The number of hydrogen-bond acceptors (Lipinski definition) is 3. The van der Waals surface area contributed by atoms with Crippen molar-refractivity contribution in [1.82, 2.24) is 0 Å². The third-order valence-electron chi connectivity index (χ3n) is 2.25. The molecular formula is C14H14Cl2N2O2. The second-order valence-electron chi connectivity index (χ2n) is 3.99. The van der Waals surface area contributed by atoms with Gasteiger partial charge in [-0.05, 0) is 35.9 Å². The zero-order chi connectivity index (χ0) is 15.1. The summed E-state index contributed by atoms with van der Waals surface area (Å²) in [4.78, 5) is 10.2. The molecule has 2 rings (SSSR count). The Hall–Kier alpha value is -1.91. The average Bonchev–Trinajstić information content (AvgIpc) is 2.34. The molecule has 2 aromatic rings. The van der Waals surface area contributed by atoms with E-state index in [1.54, 1.807) is 42.5 Å². The van der Waals surface area contributed by atoms with Crippen molar-refractivity contribution in [3.05, 3.63) is 58.1 Å². The molecule has 106 valence electrons. The Morgan fingerprint density at radius 2 is 1.65 bits per heavy atom. The van der Waals surface area contributed by atoms with Gasteiger partial charge >= 0.3 is 5.97 Å². The Bertz CT molecular complexity index is 603. The minimum absolute atomic E-state index is 0.0328. The molecule has 20 heavy (non-hydrogen) atoms. The molecule has 0 aliphatic carbocycles. The Labute approximate surface area is 126 Å². The lowest BCUT2D eigenvalue weighted by molar-refractivity contribution is -0.136. The highest BCUT2D eigenvalue weighted by atomic mass is 35.5. The molecule has 4 nitrogen and oxygen atoms in total. The van der Waals surface area contributed by atoms with Gasteiger partial charge < -0.3 is 16.6 Å². The Morgan fingerprint density at radius 3 is 2.15 bits per heavy atom. The van der Waals surface area contributed by atoms with Gasteiger partial charge in [0.05, 0.1) is 16.5 Å². The van der Waals surface area contributed by atoms with E-state index < -0.39 is 5.97 Å². The van der Waals surface area contributed by atoms with E-state index in [0.717, 1.165) is 5.56 Å². The Morgan fingerprint density at radius 1 is 1.00 bits per heavy atom. The fourth-order valence-corrected chi connectivity index (χ4v) is 1.70. The molecule has 0 fully saturated rings. The molecule has 0 saturated heterocycles. The van der Waals surface area contributed by atoms with Crippen LogP contribution in [0, 0.1) is 0 Å². The van der Waals surface area contributed by atoms with Crippen LogP contribution in [0.1, 0.15) is 5.56 Å². The smallest absolute Gasteiger partial charge is 0.307 e. The van der Waals surface area contributed by atoms with Crippen molar-refractivity contribution < 1.29 is 9.90 Å². The van der Waals surface area contributed by atoms with Crippen LogP contribution in [-0.2, 0) is 11.2 Å². The van der Waals surface area contributed by atoms with Crippen LogP contribution < -0.4 is 11.5 Å². The summed E-state index contributed by atoms with van der Waals surface area (Å²) >= 11 is 11.2. The average molecular weight is 313 g/mol. The van der Waals surface area contributed by atoms with Crippen LogP contribution in [-0.4, -0.2) is 11.1 Å². The molecule has 6 heteroatoms. The van der Waals surface area contributed by atoms with Crippen LogP contribution in [0.5, 0.6) is 0 Å². The molecule has 2 aromatic carbocycles.